The maximum absolute atomic E-state index is 12.7. The van der Waals surface area contributed by atoms with Gasteiger partial charge in [-0.15, -0.1) is 0 Å². The Morgan fingerprint density at radius 1 is 1.43 bits per heavy atom. The topological polar surface area (TPSA) is 38.3 Å². The fourth-order valence-electron chi connectivity index (χ4n) is 3.56. The summed E-state index contributed by atoms with van der Waals surface area (Å²) >= 11 is 3.55. The van der Waals surface area contributed by atoms with Crippen molar-refractivity contribution in [2.45, 2.75) is 46.1 Å². The summed E-state index contributed by atoms with van der Waals surface area (Å²) in [6, 6.07) is 7.90. The number of carbonyl (C=O) groups excluding carboxylic acids is 1. The molecule has 0 radical (unpaired) electrons. The summed E-state index contributed by atoms with van der Waals surface area (Å²) < 4.78 is 6.35. The highest BCUT2D eigenvalue weighted by Crippen LogP contribution is 2.50. The van der Waals surface area contributed by atoms with E-state index in [1.807, 2.05) is 31.2 Å². The first kappa shape index (κ1) is 16.3. The van der Waals surface area contributed by atoms with Gasteiger partial charge in [0.25, 0.3) is 0 Å². The SMILES string of the molecule is CCOC(=O)C1(Nc2ccccc2Br)CC(C)(C)CC1C. The molecule has 116 valence electrons. The van der Waals surface area contributed by atoms with Crippen molar-refractivity contribution in [3.05, 3.63) is 28.7 Å². The Hall–Kier alpha value is -1.03. The van der Waals surface area contributed by atoms with Gasteiger partial charge in [0.2, 0.25) is 0 Å². The highest BCUT2D eigenvalue weighted by Gasteiger charge is 2.54. The standard InChI is InChI=1S/C17H24BrNO2/c1-5-21-15(20)17(11-16(3,4)10-12(17)2)19-14-9-7-6-8-13(14)18/h6-9,12,19H,5,10-11H2,1-4H3. The molecule has 2 atom stereocenters. The number of para-hydroxylation sites is 1. The number of halogens is 1. The van der Waals surface area contributed by atoms with E-state index in [-0.39, 0.29) is 17.3 Å². The molecule has 0 bridgehead atoms. The van der Waals surface area contributed by atoms with Gasteiger partial charge in [-0.05, 0) is 59.2 Å². The zero-order chi connectivity index (χ0) is 15.7. The second-order valence-electron chi connectivity index (χ2n) is 6.74. The molecular weight excluding hydrogens is 330 g/mol. The predicted molar refractivity (Wildman–Crippen MR) is 89.3 cm³/mol. The molecule has 2 rings (SSSR count). The molecule has 1 aliphatic rings. The number of hydrogen-bond acceptors (Lipinski definition) is 3. The molecule has 0 heterocycles. The lowest BCUT2D eigenvalue weighted by Gasteiger charge is -2.34. The molecule has 1 N–H and O–H groups in total. The van der Waals surface area contributed by atoms with Crippen LogP contribution in [-0.4, -0.2) is 18.1 Å². The first-order valence-electron chi connectivity index (χ1n) is 7.51. The fraction of sp³-hybridized carbons (Fsp3) is 0.588. The quantitative estimate of drug-likeness (QED) is 0.802. The van der Waals surface area contributed by atoms with Gasteiger partial charge in [-0.25, -0.2) is 4.79 Å². The van der Waals surface area contributed by atoms with Crippen molar-refractivity contribution >= 4 is 27.6 Å². The van der Waals surface area contributed by atoms with Crippen LogP contribution in [0.5, 0.6) is 0 Å². The van der Waals surface area contributed by atoms with Crippen LogP contribution in [-0.2, 0) is 9.53 Å². The third-order valence-electron chi connectivity index (χ3n) is 4.33. The van der Waals surface area contributed by atoms with Gasteiger partial charge in [-0.1, -0.05) is 32.9 Å². The first-order chi connectivity index (χ1) is 9.81. The van der Waals surface area contributed by atoms with Crippen molar-refractivity contribution in [2.24, 2.45) is 11.3 Å². The number of hydrogen-bond donors (Lipinski definition) is 1. The molecule has 1 aromatic rings. The Labute approximate surface area is 135 Å². The summed E-state index contributed by atoms with van der Waals surface area (Å²) in [5.74, 6) is 0.0810. The van der Waals surface area contributed by atoms with Gasteiger partial charge in [0, 0.05) is 10.2 Å². The molecule has 1 aliphatic carbocycles. The van der Waals surface area contributed by atoms with E-state index in [2.05, 4.69) is 42.0 Å². The van der Waals surface area contributed by atoms with Crippen molar-refractivity contribution in [2.75, 3.05) is 11.9 Å². The zero-order valence-corrected chi connectivity index (χ0v) is 14.8. The van der Waals surface area contributed by atoms with E-state index >= 15 is 0 Å². The summed E-state index contributed by atoms with van der Waals surface area (Å²) in [7, 11) is 0. The average molecular weight is 354 g/mol. The predicted octanol–water partition coefficient (Wildman–Crippen LogP) is 4.62. The molecule has 2 unspecified atom stereocenters. The number of esters is 1. The normalized spacial score (nSPS) is 27.4. The maximum atomic E-state index is 12.7. The lowest BCUT2D eigenvalue weighted by Crippen LogP contribution is -2.50. The van der Waals surface area contributed by atoms with E-state index in [1.54, 1.807) is 0 Å². The highest BCUT2D eigenvalue weighted by atomic mass is 79.9. The molecule has 1 fully saturated rings. The zero-order valence-electron chi connectivity index (χ0n) is 13.2. The number of rotatable bonds is 4. The molecule has 0 aromatic heterocycles. The van der Waals surface area contributed by atoms with E-state index in [9.17, 15) is 4.79 Å². The van der Waals surface area contributed by atoms with Crippen LogP contribution in [0.3, 0.4) is 0 Å². The van der Waals surface area contributed by atoms with Crippen molar-refractivity contribution < 1.29 is 9.53 Å². The van der Waals surface area contributed by atoms with Crippen LogP contribution in [0.15, 0.2) is 28.7 Å². The Kier molecular flexibility index (Phi) is 4.66. The lowest BCUT2D eigenvalue weighted by molar-refractivity contribution is -0.150. The van der Waals surface area contributed by atoms with Gasteiger partial charge in [0.1, 0.15) is 5.54 Å². The monoisotopic (exact) mass is 353 g/mol. The van der Waals surface area contributed by atoms with Crippen molar-refractivity contribution in [3.63, 3.8) is 0 Å². The van der Waals surface area contributed by atoms with Crippen LogP contribution in [0, 0.1) is 11.3 Å². The van der Waals surface area contributed by atoms with Gasteiger partial charge in [0.05, 0.1) is 6.61 Å². The van der Waals surface area contributed by atoms with Crippen molar-refractivity contribution in [1.29, 1.82) is 0 Å². The average Bonchev–Trinajstić information content (AvgIpc) is 2.63. The molecule has 0 saturated heterocycles. The van der Waals surface area contributed by atoms with E-state index < -0.39 is 5.54 Å². The van der Waals surface area contributed by atoms with E-state index in [1.165, 1.54) is 0 Å². The molecule has 4 heteroatoms. The molecule has 1 aromatic carbocycles. The summed E-state index contributed by atoms with van der Waals surface area (Å²) in [4.78, 5) is 12.7. The number of carbonyl (C=O) groups is 1. The maximum Gasteiger partial charge on any atom is 0.332 e. The van der Waals surface area contributed by atoms with Crippen molar-refractivity contribution in [3.8, 4) is 0 Å². The van der Waals surface area contributed by atoms with Crippen LogP contribution < -0.4 is 5.32 Å². The minimum Gasteiger partial charge on any atom is -0.464 e. The molecule has 21 heavy (non-hydrogen) atoms. The summed E-state index contributed by atoms with van der Waals surface area (Å²) in [5.41, 5.74) is 0.416. The molecule has 0 aliphatic heterocycles. The minimum atomic E-state index is -0.649. The molecule has 3 nitrogen and oxygen atoms in total. The fourth-order valence-corrected chi connectivity index (χ4v) is 3.94. The second-order valence-corrected chi connectivity index (χ2v) is 7.60. The van der Waals surface area contributed by atoms with Gasteiger partial charge < -0.3 is 10.1 Å². The van der Waals surface area contributed by atoms with Crippen LogP contribution in [0.1, 0.15) is 40.5 Å². The van der Waals surface area contributed by atoms with Crippen LogP contribution in [0.25, 0.3) is 0 Å². The number of nitrogens with one attached hydrogen (secondary N) is 1. The Bertz CT molecular complexity index is 529. The summed E-state index contributed by atoms with van der Waals surface area (Å²) in [5, 5.41) is 3.49. The van der Waals surface area contributed by atoms with E-state index in [0.717, 1.165) is 23.0 Å². The molecule has 0 spiro atoms. The number of anilines is 1. The minimum absolute atomic E-state index is 0.125. The Morgan fingerprint density at radius 3 is 2.62 bits per heavy atom. The Morgan fingerprint density at radius 2 is 2.10 bits per heavy atom. The summed E-state index contributed by atoms with van der Waals surface area (Å²) in [6.45, 7) is 8.83. The van der Waals surface area contributed by atoms with Crippen LogP contribution in [0.4, 0.5) is 5.69 Å². The van der Waals surface area contributed by atoms with Crippen molar-refractivity contribution in [1.82, 2.24) is 0 Å². The highest BCUT2D eigenvalue weighted by molar-refractivity contribution is 9.10. The second kappa shape index (κ2) is 5.99. The Balaban J connectivity index is 2.38. The smallest absolute Gasteiger partial charge is 0.332 e. The number of ether oxygens (including phenoxy) is 1. The molecule has 1 saturated carbocycles. The first-order valence-corrected chi connectivity index (χ1v) is 8.30. The molecular formula is C17H24BrNO2. The number of benzene rings is 1. The van der Waals surface area contributed by atoms with Crippen LogP contribution in [0.2, 0.25) is 0 Å². The van der Waals surface area contributed by atoms with Gasteiger partial charge in [-0.2, -0.15) is 0 Å². The summed E-state index contributed by atoms with van der Waals surface area (Å²) in [6.07, 6.45) is 1.78. The van der Waals surface area contributed by atoms with Gasteiger partial charge in [-0.3, -0.25) is 0 Å². The van der Waals surface area contributed by atoms with E-state index in [4.69, 9.17) is 4.74 Å². The third kappa shape index (κ3) is 3.25. The van der Waals surface area contributed by atoms with Gasteiger partial charge >= 0.3 is 5.97 Å². The lowest BCUT2D eigenvalue weighted by atomic mass is 9.86. The molecule has 0 amide bonds. The van der Waals surface area contributed by atoms with Gasteiger partial charge in [0.15, 0.2) is 0 Å². The van der Waals surface area contributed by atoms with E-state index in [0.29, 0.717) is 6.61 Å². The third-order valence-corrected chi connectivity index (χ3v) is 5.02. The van der Waals surface area contributed by atoms with Crippen LogP contribution >= 0.6 is 15.9 Å². The largest absolute Gasteiger partial charge is 0.464 e.